The van der Waals surface area contributed by atoms with Gasteiger partial charge < -0.3 is 5.32 Å². The van der Waals surface area contributed by atoms with Crippen molar-refractivity contribution >= 4 is 0 Å². The number of nitrogens with zero attached hydrogens (tertiary/aromatic N) is 4. The molecule has 0 atom stereocenters. The lowest BCUT2D eigenvalue weighted by Crippen LogP contribution is -2.13. The van der Waals surface area contributed by atoms with Crippen LogP contribution in [-0.2, 0) is 19.6 Å². The number of hydrogen-bond donors (Lipinski definition) is 1. The van der Waals surface area contributed by atoms with E-state index in [0.717, 1.165) is 25.3 Å². The second-order valence-corrected chi connectivity index (χ2v) is 3.51. The van der Waals surface area contributed by atoms with Crippen molar-refractivity contribution in [1.82, 2.24) is 25.1 Å². The molecule has 0 fully saturated rings. The molecular weight excluding hydrogens is 202 g/mol. The molecule has 0 radical (unpaired) electrons. The zero-order valence-corrected chi connectivity index (χ0v) is 9.30. The van der Waals surface area contributed by atoms with Crippen molar-refractivity contribution in [2.24, 2.45) is 0 Å². The summed E-state index contributed by atoms with van der Waals surface area (Å²) in [6.07, 6.45) is 7.24. The van der Waals surface area contributed by atoms with Crippen LogP contribution >= 0.6 is 0 Å². The van der Waals surface area contributed by atoms with E-state index in [0.29, 0.717) is 0 Å². The molecule has 0 aliphatic carbocycles. The van der Waals surface area contributed by atoms with E-state index in [2.05, 4.69) is 27.3 Å². The second kappa shape index (κ2) is 5.37. The normalized spacial score (nSPS) is 10.6. The second-order valence-electron chi connectivity index (χ2n) is 3.51. The van der Waals surface area contributed by atoms with Gasteiger partial charge in [0, 0.05) is 37.6 Å². The predicted molar refractivity (Wildman–Crippen MR) is 60.5 cm³/mol. The highest BCUT2D eigenvalue weighted by Crippen LogP contribution is 1.98. The molecule has 84 valence electrons. The van der Waals surface area contributed by atoms with Gasteiger partial charge in [0.1, 0.15) is 6.33 Å². The highest BCUT2D eigenvalue weighted by atomic mass is 15.3. The van der Waals surface area contributed by atoms with E-state index in [-0.39, 0.29) is 0 Å². The standard InChI is InChI=1S/C11H15N5/c1-2-16-8-10(6-15-16)5-13-7-11-3-4-12-9-14-11/h3-4,6,8-9,13H,2,5,7H2,1H3. The van der Waals surface area contributed by atoms with Gasteiger partial charge in [-0.25, -0.2) is 9.97 Å². The van der Waals surface area contributed by atoms with Crippen LogP contribution in [0.1, 0.15) is 18.2 Å². The molecule has 2 aromatic heterocycles. The molecule has 0 saturated carbocycles. The van der Waals surface area contributed by atoms with E-state index in [1.54, 1.807) is 12.5 Å². The summed E-state index contributed by atoms with van der Waals surface area (Å²) in [5.74, 6) is 0. The van der Waals surface area contributed by atoms with Gasteiger partial charge in [-0.1, -0.05) is 0 Å². The van der Waals surface area contributed by atoms with Crippen molar-refractivity contribution < 1.29 is 0 Å². The molecule has 0 unspecified atom stereocenters. The van der Waals surface area contributed by atoms with Crippen molar-refractivity contribution in [2.45, 2.75) is 26.6 Å². The van der Waals surface area contributed by atoms with Crippen LogP contribution in [0.3, 0.4) is 0 Å². The van der Waals surface area contributed by atoms with Gasteiger partial charge in [0.05, 0.1) is 11.9 Å². The first-order chi connectivity index (χ1) is 7.88. The minimum atomic E-state index is 0.750. The average Bonchev–Trinajstić information content (AvgIpc) is 2.78. The fourth-order valence-electron chi connectivity index (χ4n) is 1.43. The van der Waals surface area contributed by atoms with Gasteiger partial charge in [0.2, 0.25) is 0 Å². The van der Waals surface area contributed by atoms with E-state index < -0.39 is 0 Å². The summed E-state index contributed by atoms with van der Waals surface area (Å²) in [5, 5.41) is 7.52. The van der Waals surface area contributed by atoms with Crippen molar-refractivity contribution in [3.63, 3.8) is 0 Å². The smallest absolute Gasteiger partial charge is 0.115 e. The molecule has 0 amide bonds. The van der Waals surface area contributed by atoms with E-state index in [4.69, 9.17) is 0 Å². The first-order valence-corrected chi connectivity index (χ1v) is 5.35. The quantitative estimate of drug-likeness (QED) is 0.811. The molecule has 2 rings (SSSR count). The fraction of sp³-hybridized carbons (Fsp3) is 0.364. The van der Waals surface area contributed by atoms with Gasteiger partial charge in [-0.15, -0.1) is 0 Å². The molecule has 0 bridgehead atoms. The van der Waals surface area contributed by atoms with Crippen molar-refractivity contribution in [3.05, 3.63) is 42.2 Å². The van der Waals surface area contributed by atoms with Crippen LogP contribution in [-0.4, -0.2) is 19.7 Å². The third-order valence-corrected chi connectivity index (χ3v) is 2.29. The molecule has 2 aromatic rings. The molecule has 0 aliphatic rings. The number of aryl methyl sites for hydroxylation is 1. The zero-order valence-electron chi connectivity index (χ0n) is 9.30. The minimum Gasteiger partial charge on any atom is -0.307 e. The average molecular weight is 217 g/mol. The molecule has 1 N–H and O–H groups in total. The lowest BCUT2D eigenvalue weighted by Gasteiger charge is -2.01. The Labute approximate surface area is 94.5 Å². The molecule has 16 heavy (non-hydrogen) atoms. The van der Waals surface area contributed by atoms with E-state index in [1.165, 1.54) is 5.56 Å². The maximum Gasteiger partial charge on any atom is 0.115 e. The Morgan fingerprint density at radius 3 is 3.00 bits per heavy atom. The van der Waals surface area contributed by atoms with Gasteiger partial charge >= 0.3 is 0 Å². The van der Waals surface area contributed by atoms with Gasteiger partial charge in [-0.05, 0) is 13.0 Å². The summed E-state index contributed by atoms with van der Waals surface area (Å²) < 4.78 is 1.92. The maximum absolute atomic E-state index is 4.21. The summed E-state index contributed by atoms with van der Waals surface area (Å²) >= 11 is 0. The molecule has 0 spiro atoms. The molecular formula is C11H15N5. The molecule has 5 nitrogen and oxygen atoms in total. The Morgan fingerprint density at radius 1 is 1.38 bits per heavy atom. The van der Waals surface area contributed by atoms with Crippen LogP contribution in [0.25, 0.3) is 0 Å². The van der Waals surface area contributed by atoms with Crippen LogP contribution < -0.4 is 5.32 Å². The number of aromatic nitrogens is 4. The molecule has 2 heterocycles. The lowest BCUT2D eigenvalue weighted by molar-refractivity contribution is 0.654. The van der Waals surface area contributed by atoms with Crippen LogP contribution in [0.4, 0.5) is 0 Å². The monoisotopic (exact) mass is 217 g/mol. The lowest BCUT2D eigenvalue weighted by atomic mass is 10.3. The van der Waals surface area contributed by atoms with Crippen LogP contribution in [0.15, 0.2) is 31.0 Å². The van der Waals surface area contributed by atoms with Gasteiger partial charge in [-0.3, -0.25) is 4.68 Å². The van der Waals surface area contributed by atoms with E-state index >= 15 is 0 Å². The summed E-state index contributed by atoms with van der Waals surface area (Å²) in [4.78, 5) is 8.01. The van der Waals surface area contributed by atoms with Crippen molar-refractivity contribution in [1.29, 1.82) is 0 Å². The Hall–Kier alpha value is -1.75. The number of hydrogen-bond acceptors (Lipinski definition) is 4. The Morgan fingerprint density at radius 2 is 2.31 bits per heavy atom. The summed E-state index contributed by atoms with van der Waals surface area (Å²) in [7, 11) is 0. The highest BCUT2D eigenvalue weighted by molar-refractivity contribution is 5.04. The fourth-order valence-corrected chi connectivity index (χ4v) is 1.43. The highest BCUT2D eigenvalue weighted by Gasteiger charge is 1.97. The Balaban J connectivity index is 1.80. The first kappa shape index (κ1) is 10.8. The van der Waals surface area contributed by atoms with Gasteiger partial charge in [-0.2, -0.15) is 5.10 Å². The van der Waals surface area contributed by atoms with Crippen LogP contribution in [0.5, 0.6) is 0 Å². The van der Waals surface area contributed by atoms with Crippen molar-refractivity contribution in [3.8, 4) is 0 Å². The third-order valence-electron chi connectivity index (χ3n) is 2.29. The zero-order chi connectivity index (χ0) is 11.2. The number of nitrogens with one attached hydrogen (secondary N) is 1. The third kappa shape index (κ3) is 2.87. The molecule has 5 heteroatoms. The topological polar surface area (TPSA) is 55.6 Å². The van der Waals surface area contributed by atoms with Crippen LogP contribution in [0, 0.1) is 0 Å². The van der Waals surface area contributed by atoms with Gasteiger partial charge in [0.25, 0.3) is 0 Å². The Bertz CT molecular complexity index is 423. The maximum atomic E-state index is 4.21. The van der Waals surface area contributed by atoms with Crippen molar-refractivity contribution in [2.75, 3.05) is 0 Å². The Kier molecular flexibility index (Phi) is 3.61. The van der Waals surface area contributed by atoms with Crippen LogP contribution in [0.2, 0.25) is 0 Å². The SMILES string of the molecule is CCn1cc(CNCc2ccncn2)cn1. The number of rotatable bonds is 5. The summed E-state index contributed by atoms with van der Waals surface area (Å²) in [6, 6.07) is 1.91. The molecule has 0 saturated heterocycles. The summed E-state index contributed by atoms with van der Waals surface area (Å²) in [6.45, 7) is 4.54. The summed E-state index contributed by atoms with van der Waals surface area (Å²) in [5.41, 5.74) is 2.19. The minimum absolute atomic E-state index is 0.750. The molecule has 0 aliphatic heterocycles. The van der Waals surface area contributed by atoms with Gasteiger partial charge in [0.15, 0.2) is 0 Å². The van der Waals surface area contributed by atoms with E-state index in [1.807, 2.05) is 23.1 Å². The van der Waals surface area contributed by atoms with E-state index in [9.17, 15) is 0 Å². The first-order valence-electron chi connectivity index (χ1n) is 5.35. The largest absolute Gasteiger partial charge is 0.307 e. The molecule has 0 aromatic carbocycles. The predicted octanol–water partition coefficient (Wildman–Crippen LogP) is 0.983.